The lowest BCUT2D eigenvalue weighted by molar-refractivity contribution is 0.386. The molecule has 1 unspecified atom stereocenters. The van der Waals surface area contributed by atoms with Gasteiger partial charge < -0.3 is 10.1 Å². The maximum absolute atomic E-state index is 13.5. The van der Waals surface area contributed by atoms with Crippen LogP contribution in [0.2, 0.25) is 0 Å². The third-order valence-electron chi connectivity index (χ3n) is 2.77. The van der Waals surface area contributed by atoms with Gasteiger partial charge in [0.2, 0.25) is 0 Å². The molecule has 1 atom stereocenters. The average molecular weight is 271 g/mol. The van der Waals surface area contributed by atoms with E-state index in [0.717, 1.165) is 17.7 Å². The highest BCUT2D eigenvalue weighted by molar-refractivity contribution is 7.99. The Hall–Kier alpha value is -0.740. The van der Waals surface area contributed by atoms with E-state index in [9.17, 15) is 4.39 Å². The minimum Gasteiger partial charge on any atom is -0.494 e. The molecule has 0 fully saturated rings. The van der Waals surface area contributed by atoms with Crippen LogP contribution in [0.5, 0.6) is 5.75 Å². The SMILES string of the molecule is CCSCCC(C)NCc1ccc(OC)c(F)c1. The van der Waals surface area contributed by atoms with E-state index in [1.54, 1.807) is 6.07 Å². The number of hydrogen-bond donors (Lipinski definition) is 1. The van der Waals surface area contributed by atoms with Crippen molar-refractivity contribution in [2.75, 3.05) is 18.6 Å². The minimum absolute atomic E-state index is 0.297. The fourth-order valence-corrected chi connectivity index (χ4v) is 2.43. The molecular formula is C14H22FNOS. The zero-order valence-electron chi connectivity index (χ0n) is 11.3. The van der Waals surface area contributed by atoms with Gasteiger partial charge in [-0.05, 0) is 42.5 Å². The fourth-order valence-electron chi connectivity index (χ4n) is 1.62. The lowest BCUT2D eigenvalue weighted by Gasteiger charge is -2.13. The van der Waals surface area contributed by atoms with Crippen LogP contribution in [0.3, 0.4) is 0 Å². The number of nitrogens with one attached hydrogen (secondary N) is 1. The molecule has 102 valence electrons. The topological polar surface area (TPSA) is 21.3 Å². The van der Waals surface area contributed by atoms with Gasteiger partial charge >= 0.3 is 0 Å². The van der Waals surface area contributed by atoms with Crippen molar-refractivity contribution < 1.29 is 9.13 Å². The first-order valence-corrected chi connectivity index (χ1v) is 7.46. The van der Waals surface area contributed by atoms with Crippen LogP contribution in [-0.2, 0) is 6.54 Å². The monoisotopic (exact) mass is 271 g/mol. The van der Waals surface area contributed by atoms with Gasteiger partial charge in [-0.2, -0.15) is 11.8 Å². The molecule has 1 aromatic rings. The van der Waals surface area contributed by atoms with Crippen molar-refractivity contribution in [3.8, 4) is 5.75 Å². The molecule has 1 rings (SSSR count). The van der Waals surface area contributed by atoms with Crippen LogP contribution in [0.15, 0.2) is 18.2 Å². The highest BCUT2D eigenvalue weighted by Gasteiger charge is 2.05. The molecular weight excluding hydrogens is 249 g/mol. The van der Waals surface area contributed by atoms with Gasteiger partial charge in [0.05, 0.1) is 7.11 Å². The molecule has 0 heterocycles. The minimum atomic E-state index is -0.300. The highest BCUT2D eigenvalue weighted by atomic mass is 32.2. The van der Waals surface area contributed by atoms with Crippen LogP contribution < -0.4 is 10.1 Å². The van der Waals surface area contributed by atoms with E-state index in [4.69, 9.17) is 4.74 Å². The summed E-state index contributed by atoms with van der Waals surface area (Å²) < 4.78 is 18.4. The van der Waals surface area contributed by atoms with E-state index in [1.165, 1.54) is 18.9 Å². The second-order valence-electron chi connectivity index (χ2n) is 4.24. The van der Waals surface area contributed by atoms with Crippen LogP contribution >= 0.6 is 11.8 Å². The number of methoxy groups -OCH3 is 1. The van der Waals surface area contributed by atoms with Crippen molar-refractivity contribution in [3.05, 3.63) is 29.6 Å². The molecule has 0 amide bonds. The van der Waals surface area contributed by atoms with Gasteiger partial charge in [0.25, 0.3) is 0 Å². The molecule has 1 N–H and O–H groups in total. The van der Waals surface area contributed by atoms with E-state index >= 15 is 0 Å². The third-order valence-corrected chi connectivity index (χ3v) is 3.70. The Labute approximate surface area is 113 Å². The summed E-state index contributed by atoms with van der Waals surface area (Å²) in [5.74, 6) is 2.33. The summed E-state index contributed by atoms with van der Waals surface area (Å²) in [6, 6.07) is 5.54. The van der Waals surface area contributed by atoms with Crippen molar-refractivity contribution in [2.45, 2.75) is 32.9 Å². The lowest BCUT2D eigenvalue weighted by atomic mass is 10.2. The van der Waals surface area contributed by atoms with Crippen LogP contribution in [0.4, 0.5) is 4.39 Å². The normalized spacial score (nSPS) is 12.4. The Bertz CT molecular complexity index is 360. The lowest BCUT2D eigenvalue weighted by Crippen LogP contribution is -2.26. The van der Waals surface area contributed by atoms with E-state index < -0.39 is 0 Å². The summed E-state index contributed by atoms with van der Waals surface area (Å²) in [6.07, 6.45) is 1.14. The van der Waals surface area contributed by atoms with Crippen LogP contribution in [0.25, 0.3) is 0 Å². The Balaban J connectivity index is 2.36. The van der Waals surface area contributed by atoms with Gasteiger partial charge in [-0.25, -0.2) is 4.39 Å². The average Bonchev–Trinajstić information content (AvgIpc) is 2.37. The Morgan fingerprint density at radius 2 is 2.22 bits per heavy atom. The van der Waals surface area contributed by atoms with Crippen molar-refractivity contribution in [1.29, 1.82) is 0 Å². The Morgan fingerprint density at radius 1 is 1.44 bits per heavy atom. The summed E-state index contributed by atoms with van der Waals surface area (Å²) in [6.45, 7) is 5.03. The molecule has 18 heavy (non-hydrogen) atoms. The van der Waals surface area contributed by atoms with Gasteiger partial charge in [-0.3, -0.25) is 0 Å². The van der Waals surface area contributed by atoms with E-state index in [2.05, 4.69) is 19.2 Å². The summed E-state index contributed by atoms with van der Waals surface area (Å²) in [7, 11) is 1.48. The summed E-state index contributed by atoms with van der Waals surface area (Å²) >= 11 is 1.95. The number of ether oxygens (including phenoxy) is 1. The number of halogens is 1. The zero-order chi connectivity index (χ0) is 13.4. The highest BCUT2D eigenvalue weighted by Crippen LogP contribution is 2.17. The maximum Gasteiger partial charge on any atom is 0.165 e. The fraction of sp³-hybridized carbons (Fsp3) is 0.571. The number of benzene rings is 1. The molecule has 0 spiro atoms. The van der Waals surface area contributed by atoms with Gasteiger partial charge in [-0.15, -0.1) is 0 Å². The van der Waals surface area contributed by atoms with Crippen LogP contribution in [0.1, 0.15) is 25.8 Å². The van der Waals surface area contributed by atoms with E-state index in [0.29, 0.717) is 18.3 Å². The van der Waals surface area contributed by atoms with Crippen LogP contribution in [0, 0.1) is 5.82 Å². The predicted molar refractivity (Wildman–Crippen MR) is 76.9 cm³/mol. The number of thioether (sulfide) groups is 1. The molecule has 0 aromatic heterocycles. The largest absolute Gasteiger partial charge is 0.494 e. The number of rotatable bonds is 8. The van der Waals surface area contributed by atoms with Crippen molar-refractivity contribution >= 4 is 11.8 Å². The maximum atomic E-state index is 13.5. The standard InChI is InChI=1S/C14H22FNOS/c1-4-18-8-7-11(2)16-10-12-5-6-14(17-3)13(15)9-12/h5-6,9,11,16H,4,7-8,10H2,1-3H3. The van der Waals surface area contributed by atoms with Gasteiger partial charge in [0, 0.05) is 12.6 Å². The molecule has 4 heteroatoms. The van der Waals surface area contributed by atoms with E-state index in [-0.39, 0.29) is 5.82 Å². The molecule has 0 bridgehead atoms. The zero-order valence-corrected chi connectivity index (χ0v) is 12.1. The van der Waals surface area contributed by atoms with Crippen molar-refractivity contribution in [3.63, 3.8) is 0 Å². The quantitative estimate of drug-likeness (QED) is 0.732. The molecule has 0 aliphatic rings. The second-order valence-corrected chi connectivity index (χ2v) is 5.63. The summed E-state index contributed by atoms with van der Waals surface area (Å²) in [5.41, 5.74) is 0.947. The predicted octanol–water partition coefficient (Wildman–Crippen LogP) is 3.46. The molecule has 0 saturated carbocycles. The first kappa shape index (κ1) is 15.3. The molecule has 0 saturated heterocycles. The summed E-state index contributed by atoms with van der Waals surface area (Å²) in [5, 5.41) is 3.40. The van der Waals surface area contributed by atoms with Crippen molar-refractivity contribution in [1.82, 2.24) is 5.32 Å². The first-order valence-electron chi connectivity index (χ1n) is 6.31. The summed E-state index contributed by atoms with van der Waals surface area (Å²) in [4.78, 5) is 0. The van der Waals surface area contributed by atoms with Crippen LogP contribution in [-0.4, -0.2) is 24.7 Å². The molecule has 0 aliphatic heterocycles. The van der Waals surface area contributed by atoms with Gasteiger partial charge in [0.1, 0.15) is 0 Å². The second kappa shape index (κ2) is 8.38. The van der Waals surface area contributed by atoms with Gasteiger partial charge in [-0.1, -0.05) is 13.0 Å². The Morgan fingerprint density at radius 3 is 2.83 bits per heavy atom. The van der Waals surface area contributed by atoms with E-state index in [1.807, 2.05) is 17.8 Å². The molecule has 0 radical (unpaired) electrons. The molecule has 0 aliphatic carbocycles. The molecule has 2 nitrogen and oxygen atoms in total. The number of hydrogen-bond acceptors (Lipinski definition) is 3. The smallest absolute Gasteiger partial charge is 0.165 e. The van der Waals surface area contributed by atoms with Crippen molar-refractivity contribution in [2.24, 2.45) is 0 Å². The Kier molecular flexibility index (Phi) is 7.13. The molecule has 1 aromatic carbocycles. The third kappa shape index (κ3) is 5.27. The van der Waals surface area contributed by atoms with Gasteiger partial charge in [0.15, 0.2) is 11.6 Å². The first-order chi connectivity index (χ1) is 8.67.